The van der Waals surface area contributed by atoms with Crippen molar-refractivity contribution in [1.29, 1.82) is 0 Å². The maximum absolute atomic E-state index is 11.2. The number of halogens is 1. The summed E-state index contributed by atoms with van der Waals surface area (Å²) in [6.45, 7) is 1.24. The number of anilines is 1. The van der Waals surface area contributed by atoms with Crippen LogP contribution >= 0.6 is 15.9 Å². The normalized spacial score (nSPS) is 9.94. The lowest BCUT2D eigenvalue weighted by Crippen LogP contribution is -2.10. The summed E-state index contributed by atoms with van der Waals surface area (Å²) in [5.41, 5.74) is 0.409. The molecule has 6 heteroatoms. The lowest BCUT2D eigenvalue weighted by Gasteiger charge is -2.07. The Labute approximate surface area is 102 Å². The molecule has 5 nitrogen and oxygen atoms in total. The van der Waals surface area contributed by atoms with E-state index >= 15 is 0 Å². The van der Waals surface area contributed by atoms with Gasteiger partial charge in [0.25, 0.3) is 0 Å². The van der Waals surface area contributed by atoms with Crippen LogP contribution in [0.3, 0.4) is 0 Å². The van der Waals surface area contributed by atoms with Gasteiger partial charge in [-0.05, 0) is 22.0 Å². The van der Waals surface area contributed by atoms with Gasteiger partial charge in [0, 0.05) is 19.9 Å². The predicted octanol–water partition coefficient (Wildman–Crippen LogP) is 1.69. The first-order valence-electron chi connectivity index (χ1n) is 4.65. The Hall–Kier alpha value is -1.14. The smallest absolute Gasteiger partial charge is 0.339 e. The van der Waals surface area contributed by atoms with Crippen molar-refractivity contribution in [2.75, 3.05) is 32.7 Å². The van der Waals surface area contributed by atoms with E-state index in [0.717, 1.165) is 0 Å². The van der Waals surface area contributed by atoms with Crippen molar-refractivity contribution >= 4 is 27.7 Å². The van der Waals surface area contributed by atoms with Crippen molar-refractivity contribution in [3.63, 3.8) is 0 Å². The van der Waals surface area contributed by atoms with Gasteiger partial charge < -0.3 is 14.8 Å². The number of pyridine rings is 1. The van der Waals surface area contributed by atoms with Crippen LogP contribution in [-0.2, 0) is 9.47 Å². The number of rotatable bonds is 5. The van der Waals surface area contributed by atoms with Gasteiger partial charge in [-0.2, -0.15) is 0 Å². The first-order valence-corrected chi connectivity index (χ1v) is 5.45. The molecule has 1 N–H and O–H groups in total. The van der Waals surface area contributed by atoms with Crippen molar-refractivity contribution < 1.29 is 14.3 Å². The minimum Gasteiger partial charge on any atom is -0.465 e. The molecule has 0 saturated heterocycles. The van der Waals surface area contributed by atoms with Crippen LogP contribution in [0, 0.1) is 0 Å². The second kappa shape index (κ2) is 6.44. The summed E-state index contributed by atoms with van der Waals surface area (Å²) in [4.78, 5) is 15.3. The fourth-order valence-electron chi connectivity index (χ4n) is 1.07. The van der Waals surface area contributed by atoms with Gasteiger partial charge in [0.05, 0.1) is 23.8 Å². The topological polar surface area (TPSA) is 60.5 Å². The SMILES string of the molecule is COCCNc1ncc(C(=O)OC)cc1Br. The molecule has 16 heavy (non-hydrogen) atoms. The highest BCUT2D eigenvalue weighted by atomic mass is 79.9. The summed E-state index contributed by atoms with van der Waals surface area (Å²) in [5.74, 6) is 0.265. The van der Waals surface area contributed by atoms with E-state index in [-0.39, 0.29) is 0 Å². The highest BCUT2D eigenvalue weighted by molar-refractivity contribution is 9.10. The molecular weight excluding hydrogens is 276 g/mol. The van der Waals surface area contributed by atoms with Crippen LogP contribution in [0.1, 0.15) is 10.4 Å². The zero-order chi connectivity index (χ0) is 12.0. The summed E-state index contributed by atoms with van der Waals surface area (Å²) in [6, 6.07) is 1.66. The molecule has 0 bridgehead atoms. The number of methoxy groups -OCH3 is 2. The lowest BCUT2D eigenvalue weighted by atomic mass is 10.3. The lowest BCUT2D eigenvalue weighted by molar-refractivity contribution is 0.0600. The van der Waals surface area contributed by atoms with E-state index < -0.39 is 5.97 Å². The zero-order valence-electron chi connectivity index (χ0n) is 9.12. The van der Waals surface area contributed by atoms with E-state index in [9.17, 15) is 4.79 Å². The van der Waals surface area contributed by atoms with Gasteiger partial charge in [-0.25, -0.2) is 9.78 Å². The molecule has 88 valence electrons. The van der Waals surface area contributed by atoms with Crippen molar-refractivity contribution in [3.8, 4) is 0 Å². The molecule has 0 unspecified atom stereocenters. The molecule has 1 aromatic rings. The number of carbonyl (C=O) groups excluding carboxylic acids is 1. The van der Waals surface area contributed by atoms with E-state index in [1.54, 1.807) is 13.2 Å². The van der Waals surface area contributed by atoms with Crippen LogP contribution in [0.2, 0.25) is 0 Å². The van der Waals surface area contributed by atoms with Gasteiger partial charge in [-0.15, -0.1) is 0 Å². The third-order valence-corrected chi connectivity index (χ3v) is 2.47. The number of esters is 1. The Bertz CT molecular complexity index is 371. The molecule has 1 aromatic heterocycles. The second-order valence-corrected chi connectivity index (χ2v) is 3.82. The molecule has 0 spiro atoms. The van der Waals surface area contributed by atoms with E-state index in [2.05, 4.69) is 31.0 Å². The number of aromatic nitrogens is 1. The Morgan fingerprint density at radius 1 is 1.56 bits per heavy atom. The molecular formula is C10H13BrN2O3. The minimum absolute atomic E-state index is 0.406. The fourth-order valence-corrected chi connectivity index (χ4v) is 1.56. The van der Waals surface area contributed by atoms with Crippen LogP contribution < -0.4 is 5.32 Å². The van der Waals surface area contributed by atoms with Crippen LogP contribution in [0.4, 0.5) is 5.82 Å². The summed E-state index contributed by atoms with van der Waals surface area (Å²) < 4.78 is 10.2. The van der Waals surface area contributed by atoms with Gasteiger partial charge in [0.1, 0.15) is 5.82 Å². The quantitative estimate of drug-likeness (QED) is 0.660. The van der Waals surface area contributed by atoms with Gasteiger partial charge in [0.2, 0.25) is 0 Å². The first kappa shape index (κ1) is 12.9. The summed E-state index contributed by atoms with van der Waals surface area (Å²) >= 11 is 3.32. The van der Waals surface area contributed by atoms with Crippen molar-refractivity contribution in [3.05, 3.63) is 22.3 Å². The highest BCUT2D eigenvalue weighted by Crippen LogP contribution is 2.20. The van der Waals surface area contributed by atoms with Gasteiger partial charge in [-0.3, -0.25) is 0 Å². The molecule has 0 amide bonds. The van der Waals surface area contributed by atoms with Gasteiger partial charge in [0.15, 0.2) is 0 Å². The minimum atomic E-state index is -0.406. The number of hydrogen-bond acceptors (Lipinski definition) is 5. The molecule has 0 aliphatic rings. The largest absolute Gasteiger partial charge is 0.465 e. The number of hydrogen-bond donors (Lipinski definition) is 1. The Morgan fingerprint density at radius 3 is 2.88 bits per heavy atom. The average molecular weight is 289 g/mol. The van der Waals surface area contributed by atoms with Crippen LogP contribution in [-0.4, -0.2) is 38.3 Å². The number of carbonyl (C=O) groups is 1. The Kier molecular flexibility index (Phi) is 5.21. The third-order valence-electron chi connectivity index (χ3n) is 1.86. The van der Waals surface area contributed by atoms with Crippen LogP contribution in [0.25, 0.3) is 0 Å². The van der Waals surface area contributed by atoms with Gasteiger partial charge >= 0.3 is 5.97 Å². The maximum Gasteiger partial charge on any atom is 0.339 e. The maximum atomic E-state index is 11.2. The molecule has 0 atom stereocenters. The number of ether oxygens (including phenoxy) is 2. The molecule has 0 fully saturated rings. The molecule has 0 aliphatic carbocycles. The Balaban J connectivity index is 2.71. The molecule has 1 heterocycles. The molecule has 1 rings (SSSR count). The van der Waals surface area contributed by atoms with E-state index in [4.69, 9.17) is 4.74 Å². The first-order chi connectivity index (χ1) is 7.69. The number of nitrogens with zero attached hydrogens (tertiary/aromatic N) is 1. The molecule has 0 saturated carbocycles. The molecule has 0 aliphatic heterocycles. The van der Waals surface area contributed by atoms with Crippen molar-refractivity contribution in [2.45, 2.75) is 0 Å². The van der Waals surface area contributed by atoms with Crippen LogP contribution in [0.15, 0.2) is 16.7 Å². The van der Waals surface area contributed by atoms with Crippen molar-refractivity contribution in [1.82, 2.24) is 4.98 Å². The zero-order valence-corrected chi connectivity index (χ0v) is 10.7. The third kappa shape index (κ3) is 3.46. The summed E-state index contributed by atoms with van der Waals surface area (Å²) in [6.07, 6.45) is 1.46. The fraction of sp³-hybridized carbons (Fsp3) is 0.400. The molecule has 0 aromatic carbocycles. The number of nitrogens with one attached hydrogen (secondary N) is 1. The monoisotopic (exact) mass is 288 g/mol. The van der Waals surface area contributed by atoms with Crippen molar-refractivity contribution in [2.24, 2.45) is 0 Å². The average Bonchev–Trinajstić information content (AvgIpc) is 2.30. The second-order valence-electron chi connectivity index (χ2n) is 2.97. The highest BCUT2D eigenvalue weighted by Gasteiger charge is 2.09. The predicted molar refractivity (Wildman–Crippen MR) is 63.6 cm³/mol. The standard InChI is InChI=1S/C10H13BrN2O3/c1-15-4-3-12-9-8(11)5-7(6-13-9)10(14)16-2/h5-6H,3-4H2,1-2H3,(H,12,13). The molecule has 0 radical (unpaired) electrons. The summed E-state index contributed by atoms with van der Waals surface area (Å²) in [5, 5.41) is 3.06. The summed E-state index contributed by atoms with van der Waals surface area (Å²) in [7, 11) is 2.96. The van der Waals surface area contributed by atoms with Gasteiger partial charge in [-0.1, -0.05) is 0 Å². The van der Waals surface area contributed by atoms with E-state index in [0.29, 0.717) is 29.0 Å². The van der Waals surface area contributed by atoms with E-state index in [1.165, 1.54) is 13.3 Å². The Morgan fingerprint density at radius 2 is 2.31 bits per heavy atom. The van der Waals surface area contributed by atoms with Crippen LogP contribution in [0.5, 0.6) is 0 Å². The van der Waals surface area contributed by atoms with E-state index in [1.807, 2.05) is 0 Å².